The van der Waals surface area contributed by atoms with Gasteiger partial charge in [-0.25, -0.2) is 4.79 Å². The molecule has 0 radical (unpaired) electrons. The number of pyridine rings is 1. The Balaban J connectivity index is 3.03. The maximum Gasteiger partial charge on any atom is 0.422 e. The van der Waals surface area contributed by atoms with Gasteiger partial charge in [-0.2, -0.15) is 13.2 Å². The van der Waals surface area contributed by atoms with Gasteiger partial charge >= 0.3 is 12.1 Å². The van der Waals surface area contributed by atoms with Crippen LogP contribution in [0.2, 0.25) is 0 Å². The van der Waals surface area contributed by atoms with E-state index in [1.807, 2.05) is 5.32 Å². The molecule has 0 bridgehead atoms. The van der Waals surface area contributed by atoms with Crippen LogP contribution in [0.5, 0.6) is 0 Å². The lowest BCUT2D eigenvalue weighted by atomic mass is 10.0. The lowest BCUT2D eigenvalue weighted by Gasteiger charge is -2.29. The molecule has 0 aliphatic carbocycles. The van der Waals surface area contributed by atoms with Crippen LogP contribution in [0.3, 0.4) is 0 Å². The van der Waals surface area contributed by atoms with Crippen molar-refractivity contribution in [1.29, 1.82) is 0 Å². The van der Waals surface area contributed by atoms with E-state index in [-0.39, 0.29) is 5.69 Å². The third-order valence-corrected chi connectivity index (χ3v) is 2.07. The molecule has 1 heterocycles. The molecule has 0 spiro atoms. The molecule has 1 rings (SSSR count). The standard InChI is InChI=1S/C9H9F3N2O2/c1-8(7(15)16,9(10,11)12)14-6-2-4-13-5-3-6/h2-5H,1H3,(H,13,14)(H,15,16). The van der Waals surface area contributed by atoms with Gasteiger partial charge in [-0.1, -0.05) is 0 Å². The number of rotatable bonds is 3. The van der Waals surface area contributed by atoms with Crippen molar-refractivity contribution in [1.82, 2.24) is 4.98 Å². The highest BCUT2D eigenvalue weighted by molar-refractivity contribution is 5.83. The SMILES string of the molecule is CC(Nc1ccncc1)(C(=O)O)C(F)(F)F. The van der Waals surface area contributed by atoms with Crippen molar-refractivity contribution in [3.8, 4) is 0 Å². The highest BCUT2D eigenvalue weighted by atomic mass is 19.4. The van der Waals surface area contributed by atoms with Crippen molar-refractivity contribution >= 4 is 11.7 Å². The summed E-state index contributed by atoms with van der Waals surface area (Å²) in [4.78, 5) is 14.3. The molecule has 2 N–H and O–H groups in total. The normalized spacial score (nSPS) is 15.2. The van der Waals surface area contributed by atoms with Crippen LogP contribution in [-0.2, 0) is 4.79 Å². The summed E-state index contributed by atoms with van der Waals surface area (Å²) in [6.07, 6.45) is -2.37. The number of hydrogen-bond acceptors (Lipinski definition) is 3. The predicted octanol–water partition coefficient (Wildman–Crippen LogP) is 1.90. The summed E-state index contributed by atoms with van der Waals surface area (Å²) in [5.74, 6) is -1.99. The molecule has 0 saturated carbocycles. The van der Waals surface area contributed by atoms with Crippen molar-refractivity contribution in [3.05, 3.63) is 24.5 Å². The molecule has 1 aromatic heterocycles. The van der Waals surface area contributed by atoms with Gasteiger partial charge in [0.15, 0.2) is 0 Å². The Morgan fingerprint density at radius 1 is 1.38 bits per heavy atom. The number of nitrogens with one attached hydrogen (secondary N) is 1. The van der Waals surface area contributed by atoms with Gasteiger partial charge in [-0.15, -0.1) is 0 Å². The highest BCUT2D eigenvalue weighted by Crippen LogP contribution is 2.33. The fraction of sp³-hybridized carbons (Fsp3) is 0.333. The topological polar surface area (TPSA) is 62.2 Å². The van der Waals surface area contributed by atoms with Crippen molar-refractivity contribution < 1.29 is 23.1 Å². The van der Waals surface area contributed by atoms with Crippen LogP contribution in [0.25, 0.3) is 0 Å². The van der Waals surface area contributed by atoms with Crippen LogP contribution in [0.1, 0.15) is 6.92 Å². The molecule has 1 aromatic rings. The second-order valence-electron chi connectivity index (χ2n) is 3.29. The summed E-state index contributed by atoms with van der Waals surface area (Å²) >= 11 is 0. The van der Waals surface area contributed by atoms with E-state index < -0.39 is 17.7 Å². The maximum atomic E-state index is 12.6. The van der Waals surface area contributed by atoms with Gasteiger partial charge in [0, 0.05) is 18.1 Å². The van der Waals surface area contributed by atoms with Gasteiger partial charge in [0.1, 0.15) is 0 Å². The average Bonchev–Trinajstić information content (AvgIpc) is 2.17. The minimum atomic E-state index is -4.90. The van der Waals surface area contributed by atoms with E-state index in [4.69, 9.17) is 5.11 Å². The Kier molecular flexibility index (Phi) is 3.06. The third-order valence-electron chi connectivity index (χ3n) is 2.07. The van der Waals surface area contributed by atoms with Gasteiger partial charge < -0.3 is 10.4 Å². The Labute approximate surface area is 89.1 Å². The molecule has 0 aliphatic rings. The number of carboxylic acid groups (broad SMARTS) is 1. The van der Waals surface area contributed by atoms with Gasteiger partial charge in [-0.3, -0.25) is 4.98 Å². The molecule has 1 unspecified atom stereocenters. The Bertz CT molecular complexity index is 380. The monoisotopic (exact) mass is 234 g/mol. The first-order valence-electron chi connectivity index (χ1n) is 4.26. The number of alkyl halides is 3. The molecule has 0 aliphatic heterocycles. The summed E-state index contributed by atoms with van der Waals surface area (Å²) in [5.41, 5.74) is -2.98. The summed E-state index contributed by atoms with van der Waals surface area (Å²) in [7, 11) is 0. The van der Waals surface area contributed by atoms with E-state index in [9.17, 15) is 18.0 Å². The summed E-state index contributed by atoms with van der Waals surface area (Å²) < 4.78 is 37.7. The third kappa shape index (κ3) is 2.23. The van der Waals surface area contributed by atoms with E-state index >= 15 is 0 Å². The number of nitrogens with zero attached hydrogens (tertiary/aromatic N) is 1. The molecule has 0 fully saturated rings. The van der Waals surface area contributed by atoms with E-state index in [0.717, 1.165) is 0 Å². The largest absolute Gasteiger partial charge is 0.479 e. The fourth-order valence-corrected chi connectivity index (χ4v) is 0.970. The molecule has 16 heavy (non-hydrogen) atoms. The summed E-state index contributed by atoms with van der Waals surface area (Å²) in [5, 5.41) is 10.6. The van der Waals surface area contributed by atoms with Crippen molar-refractivity contribution in [2.24, 2.45) is 0 Å². The lowest BCUT2D eigenvalue weighted by Crippen LogP contribution is -2.55. The number of anilines is 1. The molecule has 1 atom stereocenters. The van der Waals surface area contributed by atoms with Crippen LogP contribution >= 0.6 is 0 Å². The minimum absolute atomic E-state index is 0.0391. The average molecular weight is 234 g/mol. The predicted molar refractivity (Wildman–Crippen MR) is 50.0 cm³/mol. The number of carbonyl (C=O) groups is 1. The number of hydrogen-bond donors (Lipinski definition) is 2. The number of halogens is 3. The second kappa shape index (κ2) is 3.99. The van der Waals surface area contributed by atoms with Crippen molar-refractivity contribution in [2.45, 2.75) is 18.6 Å². The lowest BCUT2D eigenvalue weighted by molar-refractivity contribution is -0.192. The summed E-state index contributed by atoms with van der Waals surface area (Å²) in [6.45, 7) is 0.565. The first-order chi connectivity index (χ1) is 7.27. The van der Waals surface area contributed by atoms with Gasteiger partial charge in [0.2, 0.25) is 5.54 Å². The van der Waals surface area contributed by atoms with E-state index in [0.29, 0.717) is 6.92 Å². The second-order valence-corrected chi connectivity index (χ2v) is 3.29. The van der Waals surface area contributed by atoms with Crippen LogP contribution in [0.15, 0.2) is 24.5 Å². The van der Waals surface area contributed by atoms with E-state index in [1.54, 1.807) is 0 Å². The zero-order chi connectivity index (χ0) is 12.4. The Morgan fingerprint density at radius 2 is 1.88 bits per heavy atom. The molecule has 7 heteroatoms. The van der Waals surface area contributed by atoms with E-state index in [1.165, 1.54) is 24.5 Å². The first kappa shape index (κ1) is 12.3. The summed E-state index contributed by atoms with van der Waals surface area (Å²) in [6, 6.07) is 2.51. The van der Waals surface area contributed by atoms with Crippen molar-refractivity contribution in [2.75, 3.05) is 5.32 Å². The smallest absolute Gasteiger partial charge is 0.422 e. The van der Waals surface area contributed by atoms with Gasteiger partial charge in [-0.05, 0) is 19.1 Å². The zero-order valence-corrected chi connectivity index (χ0v) is 8.25. The molecule has 88 valence electrons. The molecule has 0 aromatic carbocycles. The highest BCUT2D eigenvalue weighted by Gasteiger charge is 2.57. The van der Waals surface area contributed by atoms with Gasteiger partial charge in [0.25, 0.3) is 0 Å². The minimum Gasteiger partial charge on any atom is -0.479 e. The Morgan fingerprint density at radius 3 is 2.25 bits per heavy atom. The zero-order valence-electron chi connectivity index (χ0n) is 8.25. The fourth-order valence-electron chi connectivity index (χ4n) is 0.970. The molecule has 4 nitrogen and oxygen atoms in total. The van der Waals surface area contributed by atoms with Crippen LogP contribution in [-0.4, -0.2) is 27.8 Å². The van der Waals surface area contributed by atoms with Gasteiger partial charge in [0.05, 0.1) is 0 Å². The number of aromatic nitrogens is 1. The Hall–Kier alpha value is -1.79. The molecular weight excluding hydrogens is 225 g/mol. The van der Waals surface area contributed by atoms with Crippen LogP contribution in [0, 0.1) is 0 Å². The maximum absolute atomic E-state index is 12.6. The number of carboxylic acids is 1. The van der Waals surface area contributed by atoms with Crippen LogP contribution in [0.4, 0.5) is 18.9 Å². The first-order valence-corrected chi connectivity index (χ1v) is 4.26. The molecular formula is C9H9F3N2O2. The molecule has 0 saturated heterocycles. The molecule has 0 amide bonds. The quantitative estimate of drug-likeness (QED) is 0.838. The van der Waals surface area contributed by atoms with Crippen LogP contribution < -0.4 is 5.32 Å². The van der Waals surface area contributed by atoms with E-state index in [2.05, 4.69) is 4.98 Å². The van der Waals surface area contributed by atoms with Crippen molar-refractivity contribution in [3.63, 3.8) is 0 Å². The number of aliphatic carboxylic acids is 1.